The Balaban J connectivity index is 2.50. The number of hydrogen-bond donors (Lipinski definition) is 0. The summed E-state index contributed by atoms with van der Waals surface area (Å²) in [5.74, 6) is -0.843. The molecule has 0 radical (unpaired) electrons. The summed E-state index contributed by atoms with van der Waals surface area (Å²) >= 11 is 2.61. The normalized spacial score (nSPS) is 20.6. The number of ether oxygens (including phenoxy) is 3. The van der Waals surface area contributed by atoms with Gasteiger partial charge in [0, 0.05) is 17.0 Å². The Kier molecular flexibility index (Phi) is 6.29. The molecule has 1 aromatic heterocycles. The van der Waals surface area contributed by atoms with Crippen molar-refractivity contribution >= 4 is 40.9 Å². The van der Waals surface area contributed by atoms with Gasteiger partial charge in [0.1, 0.15) is 4.88 Å². The zero-order valence-electron chi connectivity index (χ0n) is 14.8. The average Bonchev–Trinajstić information content (AvgIpc) is 3.02. The predicted octanol–water partition coefficient (Wildman–Crippen LogP) is 3.51. The topological polar surface area (TPSA) is 74.2 Å². The molecular formula is C17H21NO5S2. The fraction of sp³-hybridized carbons (Fsp3) is 0.471. The van der Waals surface area contributed by atoms with Crippen LogP contribution in [0.1, 0.15) is 39.9 Å². The van der Waals surface area contributed by atoms with E-state index in [0.717, 1.165) is 10.4 Å². The Morgan fingerprint density at radius 3 is 2.68 bits per heavy atom. The van der Waals surface area contributed by atoms with Gasteiger partial charge in [-0.2, -0.15) is 0 Å². The quantitative estimate of drug-likeness (QED) is 0.725. The van der Waals surface area contributed by atoms with Crippen molar-refractivity contribution in [2.24, 2.45) is 4.99 Å². The monoisotopic (exact) mass is 383 g/mol. The van der Waals surface area contributed by atoms with Gasteiger partial charge in [0.2, 0.25) is 5.90 Å². The molecule has 0 aromatic carbocycles. The number of esters is 2. The molecular weight excluding hydrogens is 362 g/mol. The molecule has 0 saturated carbocycles. The summed E-state index contributed by atoms with van der Waals surface area (Å²) in [7, 11) is 2.82. The van der Waals surface area contributed by atoms with Gasteiger partial charge in [0.05, 0.1) is 20.8 Å². The van der Waals surface area contributed by atoms with Crippen molar-refractivity contribution in [3.05, 3.63) is 33.0 Å². The second-order valence-electron chi connectivity index (χ2n) is 5.37. The number of rotatable bonds is 5. The van der Waals surface area contributed by atoms with Crippen LogP contribution in [-0.4, -0.2) is 43.4 Å². The fourth-order valence-electron chi connectivity index (χ4n) is 2.75. The summed E-state index contributed by atoms with van der Waals surface area (Å²) in [5.41, 5.74) is 0.912. The molecule has 2 unspecified atom stereocenters. The molecule has 0 saturated heterocycles. The molecule has 1 aliphatic rings. The van der Waals surface area contributed by atoms with Crippen molar-refractivity contribution < 1.29 is 23.8 Å². The number of hydrogen-bond acceptors (Lipinski definition) is 8. The van der Waals surface area contributed by atoms with Crippen LogP contribution in [0.3, 0.4) is 0 Å². The maximum atomic E-state index is 12.7. The van der Waals surface area contributed by atoms with E-state index >= 15 is 0 Å². The molecule has 0 aliphatic carbocycles. The van der Waals surface area contributed by atoms with Crippen molar-refractivity contribution in [1.29, 1.82) is 0 Å². The lowest BCUT2D eigenvalue weighted by Gasteiger charge is -2.35. The van der Waals surface area contributed by atoms with Crippen molar-refractivity contribution in [2.75, 3.05) is 20.8 Å². The first-order valence-electron chi connectivity index (χ1n) is 7.73. The number of nitrogens with zero attached hydrogens (tertiary/aromatic N) is 1. The van der Waals surface area contributed by atoms with Crippen LogP contribution in [0.5, 0.6) is 0 Å². The third kappa shape index (κ3) is 3.46. The molecule has 8 heteroatoms. The van der Waals surface area contributed by atoms with Gasteiger partial charge in [0.15, 0.2) is 4.75 Å². The van der Waals surface area contributed by atoms with E-state index in [2.05, 4.69) is 4.99 Å². The predicted molar refractivity (Wildman–Crippen MR) is 99.3 cm³/mol. The third-order valence-electron chi connectivity index (χ3n) is 3.94. The standard InChI is InChI=1S/C17H21NO5S2/c1-6-23-14(19)12-9-10(2)13(25-12)11(3)17(16(20)22-5)15(21-4)18-7-8-24-17/h7-9,11H,6H2,1-5H3. The van der Waals surface area contributed by atoms with Crippen LogP contribution in [0, 0.1) is 6.92 Å². The molecule has 6 nitrogen and oxygen atoms in total. The van der Waals surface area contributed by atoms with Crippen molar-refractivity contribution in [3.63, 3.8) is 0 Å². The van der Waals surface area contributed by atoms with Crippen LogP contribution in [0.2, 0.25) is 0 Å². The first kappa shape index (κ1) is 19.5. The van der Waals surface area contributed by atoms with Gasteiger partial charge in [-0.3, -0.25) is 0 Å². The van der Waals surface area contributed by atoms with Gasteiger partial charge in [-0.15, -0.1) is 23.1 Å². The minimum Gasteiger partial charge on any atom is -0.483 e. The molecule has 0 N–H and O–H groups in total. The van der Waals surface area contributed by atoms with Gasteiger partial charge >= 0.3 is 11.9 Å². The SMILES string of the molecule is CCOC(=O)c1cc(C)c(C(C)C2(C(=O)OC)SC=CN=C2OC)s1. The highest BCUT2D eigenvalue weighted by atomic mass is 32.2. The minimum absolute atomic E-state index is 0.282. The maximum absolute atomic E-state index is 12.7. The highest BCUT2D eigenvalue weighted by Gasteiger charge is 2.53. The number of thiophene rings is 1. The van der Waals surface area contributed by atoms with E-state index in [-0.39, 0.29) is 17.8 Å². The number of carbonyl (C=O) groups is 2. The largest absolute Gasteiger partial charge is 0.483 e. The van der Waals surface area contributed by atoms with Crippen LogP contribution in [0.15, 0.2) is 22.7 Å². The molecule has 0 bridgehead atoms. The van der Waals surface area contributed by atoms with E-state index in [1.54, 1.807) is 24.6 Å². The Morgan fingerprint density at radius 2 is 2.08 bits per heavy atom. The van der Waals surface area contributed by atoms with Crippen LogP contribution < -0.4 is 0 Å². The lowest BCUT2D eigenvalue weighted by Crippen LogP contribution is -2.49. The lowest BCUT2D eigenvalue weighted by atomic mass is 9.89. The number of aliphatic imine (C=N–C) groups is 1. The lowest BCUT2D eigenvalue weighted by molar-refractivity contribution is -0.142. The van der Waals surface area contributed by atoms with Gasteiger partial charge in [0.25, 0.3) is 0 Å². The summed E-state index contributed by atoms with van der Waals surface area (Å²) in [6, 6.07) is 1.78. The molecule has 0 amide bonds. The molecule has 2 heterocycles. The molecule has 1 aromatic rings. The first-order chi connectivity index (χ1) is 11.9. The van der Waals surface area contributed by atoms with Crippen LogP contribution in [0.25, 0.3) is 0 Å². The van der Waals surface area contributed by atoms with Crippen LogP contribution >= 0.6 is 23.1 Å². The summed E-state index contributed by atoms with van der Waals surface area (Å²) in [5, 5.41) is 1.74. The highest BCUT2D eigenvalue weighted by Crippen LogP contribution is 2.47. The molecule has 1 aliphatic heterocycles. The smallest absolute Gasteiger partial charge is 0.348 e. The number of methoxy groups -OCH3 is 2. The van der Waals surface area contributed by atoms with Crippen LogP contribution in [-0.2, 0) is 19.0 Å². The number of carbonyl (C=O) groups excluding carboxylic acids is 2. The van der Waals surface area contributed by atoms with Crippen molar-refractivity contribution in [3.8, 4) is 0 Å². The summed E-state index contributed by atoms with van der Waals surface area (Å²) in [4.78, 5) is 30.4. The summed E-state index contributed by atoms with van der Waals surface area (Å²) in [6.45, 7) is 5.89. The molecule has 25 heavy (non-hydrogen) atoms. The second-order valence-corrected chi connectivity index (χ2v) is 7.60. The average molecular weight is 383 g/mol. The van der Waals surface area contributed by atoms with E-state index in [4.69, 9.17) is 14.2 Å². The zero-order chi connectivity index (χ0) is 18.6. The zero-order valence-corrected chi connectivity index (χ0v) is 16.5. The first-order valence-corrected chi connectivity index (χ1v) is 9.42. The summed E-state index contributed by atoms with van der Waals surface area (Å²) in [6.07, 6.45) is 1.59. The highest BCUT2D eigenvalue weighted by molar-refractivity contribution is 8.05. The summed E-state index contributed by atoms with van der Waals surface area (Å²) < 4.78 is 14.4. The van der Waals surface area contributed by atoms with E-state index in [1.807, 2.05) is 13.8 Å². The Morgan fingerprint density at radius 1 is 1.36 bits per heavy atom. The molecule has 0 fully saturated rings. The minimum atomic E-state index is -1.14. The number of aryl methyl sites for hydroxylation is 1. The van der Waals surface area contributed by atoms with Crippen LogP contribution in [0.4, 0.5) is 0 Å². The molecule has 0 spiro atoms. The van der Waals surface area contributed by atoms with E-state index < -0.39 is 10.7 Å². The Bertz CT molecular complexity index is 725. The maximum Gasteiger partial charge on any atom is 0.348 e. The van der Waals surface area contributed by atoms with Crippen molar-refractivity contribution in [2.45, 2.75) is 31.4 Å². The van der Waals surface area contributed by atoms with Gasteiger partial charge in [-0.1, -0.05) is 6.92 Å². The van der Waals surface area contributed by atoms with Crippen molar-refractivity contribution in [1.82, 2.24) is 0 Å². The Labute approximate surface area is 155 Å². The van der Waals surface area contributed by atoms with E-state index in [9.17, 15) is 9.59 Å². The molecule has 2 atom stereocenters. The second kappa shape index (κ2) is 8.05. The van der Waals surface area contributed by atoms with Gasteiger partial charge in [-0.25, -0.2) is 14.6 Å². The van der Waals surface area contributed by atoms with E-state index in [1.165, 1.54) is 37.3 Å². The van der Waals surface area contributed by atoms with E-state index in [0.29, 0.717) is 11.5 Å². The number of thioether (sulfide) groups is 1. The fourth-order valence-corrected chi connectivity index (χ4v) is 5.09. The Hall–Kier alpha value is -1.80. The van der Waals surface area contributed by atoms with Gasteiger partial charge in [-0.05, 0) is 30.9 Å². The third-order valence-corrected chi connectivity index (χ3v) is 6.67. The molecule has 2 rings (SSSR count). The van der Waals surface area contributed by atoms with Gasteiger partial charge < -0.3 is 14.2 Å². The molecule has 136 valence electrons.